The quantitative estimate of drug-likeness (QED) is 0.702. The summed E-state index contributed by atoms with van der Waals surface area (Å²) in [6.07, 6.45) is 0. The first-order chi connectivity index (χ1) is 15.0. The molecule has 0 atom stereocenters. The Hall–Kier alpha value is -3.61. The molecule has 1 aromatic heterocycles. The number of hydrogen-bond acceptors (Lipinski definition) is 5. The lowest BCUT2D eigenvalue weighted by molar-refractivity contribution is -0.114. The maximum atomic E-state index is 13.4. The second-order valence-electron chi connectivity index (χ2n) is 7.68. The van der Waals surface area contributed by atoms with Crippen molar-refractivity contribution in [3.63, 3.8) is 0 Å². The summed E-state index contributed by atoms with van der Waals surface area (Å²) in [5.41, 5.74) is 3.72. The summed E-state index contributed by atoms with van der Waals surface area (Å²) in [5, 5.41) is 3.57. The van der Waals surface area contributed by atoms with Crippen molar-refractivity contribution in [1.29, 1.82) is 0 Å². The lowest BCUT2D eigenvalue weighted by atomic mass is 10.0. The average molecular weight is 418 g/mol. The minimum Gasteiger partial charge on any atom is -0.495 e. The van der Waals surface area contributed by atoms with E-state index in [0.29, 0.717) is 42.9 Å². The van der Waals surface area contributed by atoms with Crippen LogP contribution < -0.4 is 15.0 Å². The minimum absolute atomic E-state index is 0.0532. The smallest absolute Gasteiger partial charge is 0.254 e. The Labute approximate surface area is 181 Å². The van der Waals surface area contributed by atoms with Gasteiger partial charge in [0.05, 0.1) is 23.9 Å². The van der Waals surface area contributed by atoms with Crippen LogP contribution in [0.4, 0.5) is 11.4 Å². The monoisotopic (exact) mass is 418 g/mol. The van der Waals surface area contributed by atoms with Crippen molar-refractivity contribution >= 4 is 34.1 Å². The highest BCUT2D eigenvalue weighted by Gasteiger charge is 2.25. The number of methoxy groups -OCH3 is 1. The van der Waals surface area contributed by atoms with E-state index >= 15 is 0 Å². The topological polar surface area (TPSA) is 74.8 Å². The van der Waals surface area contributed by atoms with Crippen molar-refractivity contribution in [3.05, 3.63) is 59.8 Å². The molecule has 0 aliphatic carbocycles. The van der Waals surface area contributed by atoms with Crippen LogP contribution in [0.15, 0.2) is 48.5 Å². The summed E-state index contributed by atoms with van der Waals surface area (Å²) in [7, 11) is 1.67. The van der Waals surface area contributed by atoms with Crippen molar-refractivity contribution in [2.45, 2.75) is 13.8 Å². The van der Waals surface area contributed by atoms with Gasteiger partial charge in [0.25, 0.3) is 5.91 Å². The SMILES string of the molecule is COc1ccccc1N1CCN(C(=O)c2cc(NC(C)=O)cc3nc(C)ccc23)CC1. The molecule has 4 rings (SSSR count). The molecule has 0 bridgehead atoms. The molecule has 1 saturated heterocycles. The Bertz CT molecular complexity index is 1140. The number of nitrogens with one attached hydrogen (secondary N) is 1. The summed E-state index contributed by atoms with van der Waals surface area (Å²) in [6, 6.07) is 15.3. The number of nitrogens with zero attached hydrogens (tertiary/aromatic N) is 3. The van der Waals surface area contributed by atoms with Crippen molar-refractivity contribution in [2.24, 2.45) is 0 Å². The van der Waals surface area contributed by atoms with E-state index in [-0.39, 0.29) is 11.8 Å². The number of ether oxygens (including phenoxy) is 1. The number of rotatable bonds is 4. The van der Waals surface area contributed by atoms with E-state index < -0.39 is 0 Å². The lowest BCUT2D eigenvalue weighted by Crippen LogP contribution is -2.49. The Balaban J connectivity index is 1.59. The molecule has 0 radical (unpaired) electrons. The summed E-state index contributed by atoms with van der Waals surface area (Å²) in [6.45, 7) is 5.99. The average Bonchev–Trinajstić information content (AvgIpc) is 2.77. The number of fused-ring (bicyclic) bond motifs is 1. The van der Waals surface area contributed by atoms with Gasteiger partial charge in [-0.2, -0.15) is 0 Å². The molecule has 0 spiro atoms. The molecule has 31 heavy (non-hydrogen) atoms. The first-order valence-corrected chi connectivity index (χ1v) is 10.3. The zero-order valence-electron chi connectivity index (χ0n) is 18.0. The Morgan fingerprint density at radius 3 is 2.48 bits per heavy atom. The summed E-state index contributed by atoms with van der Waals surface area (Å²) in [5.74, 6) is 0.594. The molecule has 2 amide bonds. The first kappa shape index (κ1) is 20.7. The van der Waals surface area contributed by atoms with Gasteiger partial charge in [0.2, 0.25) is 5.91 Å². The molecule has 3 aromatic rings. The van der Waals surface area contributed by atoms with Gasteiger partial charge in [0.15, 0.2) is 0 Å². The standard InChI is InChI=1S/C24H26N4O3/c1-16-8-9-19-20(14-18(26-17(2)29)15-21(19)25-16)24(30)28-12-10-27(11-13-28)22-6-4-5-7-23(22)31-3/h4-9,14-15H,10-13H2,1-3H3,(H,26,29). The molecule has 2 aromatic carbocycles. The van der Waals surface area contributed by atoms with Gasteiger partial charge in [-0.1, -0.05) is 18.2 Å². The molecule has 160 valence electrons. The van der Waals surface area contributed by atoms with Crippen molar-refractivity contribution in [1.82, 2.24) is 9.88 Å². The number of hydrogen-bond donors (Lipinski definition) is 1. The third kappa shape index (κ3) is 4.30. The van der Waals surface area contributed by atoms with Crippen LogP contribution in [0.2, 0.25) is 0 Å². The maximum Gasteiger partial charge on any atom is 0.254 e. The predicted molar refractivity (Wildman–Crippen MR) is 122 cm³/mol. The van der Waals surface area contributed by atoms with E-state index in [1.165, 1.54) is 6.92 Å². The number of anilines is 2. The molecule has 1 aliphatic rings. The largest absolute Gasteiger partial charge is 0.495 e. The fourth-order valence-corrected chi connectivity index (χ4v) is 4.00. The van der Waals surface area contributed by atoms with Crippen LogP contribution in [-0.4, -0.2) is 55.0 Å². The second-order valence-corrected chi connectivity index (χ2v) is 7.68. The van der Waals surface area contributed by atoms with Gasteiger partial charge in [-0.25, -0.2) is 0 Å². The zero-order chi connectivity index (χ0) is 22.0. The molecule has 0 saturated carbocycles. The normalized spacial score (nSPS) is 13.9. The highest BCUT2D eigenvalue weighted by molar-refractivity contribution is 6.08. The molecular weight excluding hydrogens is 392 g/mol. The molecule has 7 nitrogen and oxygen atoms in total. The van der Waals surface area contributed by atoms with Crippen LogP contribution in [0.25, 0.3) is 10.9 Å². The number of pyridine rings is 1. The minimum atomic E-state index is -0.184. The number of aromatic nitrogens is 1. The van der Waals surface area contributed by atoms with Crippen LogP contribution in [0.3, 0.4) is 0 Å². The van der Waals surface area contributed by atoms with Gasteiger partial charge in [0, 0.05) is 49.9 Å². The fourth-order valence-electron chi connectivity index (χ4n) is 4.00. The summed E-state index contributed by atoms with van der Waals surface area (Å²) < 4.78 is 5.48. The van der Waals surface area contributed by atoms with Gasteiger partial charge < -0.3 is 19.9 Å². The second kappa shape index (κ2) is 8.63. The summed E-state index contributed by atoms with van der Waals surface area (Å²) in [4.78, 5) is 33.7. The van der Waals surface area contributed by atoms with E-state index in [4.69, 9.17) is 4.74 Å². The van der Waals surface area contributed by atoms with E-state index in [1.54, 1.807) is 19.2 Å². The number of piperazine rings is 1. The lowest BCUT2D eigenvalue weighted by Gasteiger charge is -2.36. The fraction of sp³-hybridized carbons (Fsp3) is 0.292. The van der Waals surface area contributed by atoms with E-state index in [2.05, 4.69) is 15.2 Å². The predicted octanol–water partition coefficient (Wildman–Crippen LogP) is 3.47. The number of carbonyl (C=O) groups excluding carboxylic acids is 2. The molecule has 1 aliphatic heterocycles. The van der Waals surface area contributed by atoms with E-state index in [1.807, 2.05) is 48.2 Å². The van der Waals surface area contributed by atoms with E-state index in [9.17, 15) is 9.59 Å². The van der Waals surface area contributed by atoms with Crippen molar-refractivity contribution in [3.8, 4) is 5.75 Å². The zero-order valence-corrected chi connectivity index (χ0v) is 18.0. The van der Waals surface area contributed by atoms with Crippen molar-refractivity contribution in [2.75, 3.05) is 43.5 Å². The maximum absolute atomic E-state index is 13.4. The third-order valence-electron chi connectivity index (χ3n) is 5.49. The highest BCUT2D eigenvalue weighted by atomic mass is 16.5. The van der Waals surface area contributed by atoms with Crippen molar-refractivity contribution < 1.29 is 14.3 Å². The van der Waals surface area contributed by atoms with Crippen LogP contribution in [0.5, 0.6) is 5.75 Å². The van der Waals surface area contributed by atoms with Gasteiger partial charge >= 0.3 is 0 Å². The first-order valence-electron chi connectivity index (χ1n) is 10.3. The number of para-hydroxylation sites is 2. The molecule has 1 fully saturated rings. The Morgan fingerprint density at radius 1 is 1.03 bits per heavy atom. The summed E-state index contributed by atoms with van der Waals surface area (Å²) >= 11 is 0. The van der Waals surface area contributed by atoms with Gasteiger partial charge in [-0.15, -0.1) is 0 Å². The molecule has 2 heterocycles. The third-order valence-corrected chi connectivity index (χ3v) is 5.49. The van der Waals surface area contributed by atoms with Crippen LogP contribution >= 0.6 is 0 Å². The van der Waals surface area contributed by atoms with Crippen LogP contribution in [0, 0.1) is 6.92 Å². The Kier molecular flexibility index (Phi) is 5.75. The van der Waals surface area contributed by atoms with Gasteiger partial charge in [-0.3, -0.25) is 14.6 Å². The molecule has 1 N–H and O–H groups in total. The number of aryl methyl sites for hydroxylation is 1. The Morgan fingerprint density at radius 2 is 1.77 bits per heavy atom. The van der Waals surface area contributed by atoms with Crippen LogP contribution in [0.1, 0.15) is 23.0 Å². The number of carbonyl (C=O) groups is 2. The number of amides is 2. The van der Waals surface area contributed by atoms with Gasteiger partial charge in [-0.05, 0) is 37.3 Å². The van der Waals surface area contributed by atoms with Gasteiger partial charge in [0.1, 0.15) is 5.75 Å². The number of benzene rings is 2. The highest BCUT2D eigenvalue weighted by Crippen LogP contribution is 2.29. The molecule has 7 heteroatoms. The van der Waals surface area contributed by atoms with Crippen LogP contribution in [-0.2, 0) is 4.79 Å². The molecular formula is C24H26N4O3. The molecule has 0 unspecified atom stereocenters. The van der Waals surface area contributed by atoms with E-state index in [0.717, 1.165) is 22.5 Å².